The van der Waals surface area contributed by atoms with Crippen LogP contribution in [0.25, 0.3) is 0 Å². The van der Waals surface area contributed by atoms with Gasteiger partial charge in [0.15, 0.2) is 0 Å². The number of halogens is 2. The fourth-order valence-electron chi connectivity index (χ4n) is 1.46. The summed E-state index contributed by atoms with van der Waals surface area (Å²) in [4.78, 5) is 13.6. The highest BCUT2D eigenvalue weighted by molar-refractivity contribution is 6.42. The third-order valence-electron chi connectivity index (χ3n) is 2.51. The topological polar surface area (TPSA) is 32.3 Å². The molecule has 0 heterocycles. The maximum Gasteiger partial charge on any atom is 0.220 e. The van der Waals surface area contributed by atoms with E-state index in [2.05, 4.69) is 5.32 Å². The molecule has 100 valence electrons. The largest absolute Gasteiger partial charge is 0.355 e. The molecular weight excluding hydrogens is 271 g/mol. The molecule has 0 unspecified atom stereocenters. The fraction of sp³-hybridized carbons (Fsp3) is 0.462. The van der Waals surface area contributed by atoms with Gasteiger partial charge in [-0.3, -0.25) is 4.79 Å². The summed E-state index contributed by atoms with van der Waals surface area (Å²) in [5.41, 5.74) is 1.02. The number of carbonyl (C=O) groups is 1. The van der Waals surface area contributed by atoms with Crippen LogP contribution in [0.15, 0.2) is 18.2 Å². The van der Waals surface area contributed by atoms with E-state index in [1.54, 1.807) is 12.1 Å². The molecule has 1 aromatic carbocycles. The zero-order valence-electron chi connectivity index (χ0n) is 10.7. The van der Waals surface area contributed by atoms with Gasteiger partial charge in [-0.2, -0.15) is 0 Å². The van der Waals surface area contributed by atoms with E-state index in [1.165, 1.54) is 0 Å². The van der Waals surface area contributed by atoms with E-state index in [0.29, 0.717) is 29.4 Å². The highest BCUT2D eigenvalue weighted by atomic mass is 35.5. The first-order valence-electron chi connectivity index (χ1n) is 5.84. The number of nitrogens with zero attached hydrogens (tertiary/aromatic N) is 1. The number of benzene rings is 1. The monoisotopic (exact) mass is 288 g/mol. The van der Waals surface area contributed by atoms with E-state index in [9.17, 15) is 4.79 Å². The molecule has 1 rings (SSSR count). The molecule has 1 N–H and O–H groups in total. The Morgan fingerprint density at radius 1 is 1.28 bits per heavy atom. The average molecular weight is 289 g/mol. The first-order valence-corrected chi connectivity index (χ1v) is 6.60. The van der Waals surface area contributed by atoms with Crippen molar-refractivity contribution in [2.24, 2.45) is 0 Å². The standard InChI is InChI=1S/C13H18Cl2N2O/c1-17(2)8-7-16-13(18)6-4-10-3-5-11(14)12(15)9-10/h3,5,9H,4,6-8H2,1-2H3,(H,16,18). The molecule has 0 spiro atoms. The minimum absolute atomic E-state index is 0.0583. The van der Waals surface area contributed by atoms with Gasteiger partial charge in [0, 0.05) is 19.5 Å². The summed E-state index contributed by atoms with van der Waals surface area (Å²) in [5, 5.41) is 3.94. The van der Waals surface area contributed by atoms with Crippen LogP contribution < -0.4 is 5.32 Å². The van der Waals surface area contributed by atoms with Gasteiger partial charge in [-0.15, -0.1) is 0 Å². The molecular formula is C13H18Cl2N2O. The highest BCUT2D eigenvalue weighted by Gasteiger charge is 2.04. The van der Waals surface area contributed by atoms with Gasteiger partial charge in [0.2, 0.25) is 5.91 Å². The normalized spacial score (nSPS) is 10.7. The van der Waals surface area contributed by atoms with Crippen molar-refractivity contribution in [3.05, 3.63) is 33.8 Å². The van der Waals surface area contributed by atoms with Crippen LogP contribution in [0.5, 0.6) is 0 Å². The first kappa shape index (κ1) is 15.3. The van der Waals surface area contributed by atoms with Gasteiger partial charge in [-0.05, 0) is 38.2 Å². The lowest BCUT2D eigenvalue weighted by atomic mass is 10.1. The molecule has 0 saturated heterocycles. The smallest absolute Gasteiger partial charge is 0.220 e. The Kier molecular flexibility index (Phi) is 6.47. The van der Waals surface area contributed by atoms with Crippen molar-refractivity contribution in [2.75, 3.05) is 27.2 Å². The van der Waals surface area contributed by atoms with Crippen LogP contribution in [-0.2, 0) is 11.2 Å². The van der Waals surface area contributed by atoms with Gasteiger partial charge >= 0.3 is 0 Å². The third-order valence-corrected chi connectivity index (χ3v) is 3.24. The van der Waals surface area contributed by atoms with Gasteiger partial charge in [-0.1, -0.05) is 29.3 Å². The summed E-state index contributed by atoms with van der Waals surface area (Å²) in [5.74, 6) is 0.0583. The molecule has 18 heavy (non-hydrogen) atoms. The average Bonchev–Trinajstić information content (AvgIpc) is 2.30. The molecule has 5 heteroatoms. The van der Waals surface area contributed by atoms with Crippen molar-refractivity contribution >= 4 is 29.1 Å². The van der Waals surface area contributed by atoms with Crippen LogP contribution in [0.1, 0.15) is 12.0 Å². The molecule has 1 aromatic rings. The number of hydrogen-bond acceptors (Lipinski definition) is 2. The Morgan fingerprint density at radius 3 is 2.61 bits per heavy atom. The van der Waals surface area contributed by atoms with Crippen molar-refractivity contribution < 1.29 is 4.79 Å². The Bertz CT molecular complexity index is 408. The number of rotatable bonds is 6. The second-order valence-corrected chi connectivity index (χ2v) is 5.22. The minimum atomic E-state index is 0.0583. The van der Waals surface area contributed by atoms with Crippen molar-refractivity contribution in [3.8, 4) is 0 Å². The highest BCUT2D eigenvalue weighted by Crippen LogP contribution is 2.23. The lowest BCUT2D eigenvalue weighted by molar-refractivity contribution is -0.121. The van der Waals surface area contributed by atoms with E-state index in [-0.39, 0.29) is 5.91 Å². The Morgan fingerprint density at radius 2 is 2.00 bits per heavy atom. The number of amides is 1. The molecule has 3 nitrogen and oxygen atoms in total. The van der Waals surface area contributed by atoms with Crippen LogP contribution in [-0.4, -0.2) is 38.0 Å². The predicted molar refractivity (Wildman–Crippen MR) is 76.3 cm³/mol. The predicted octanol–water partition coefficient (Wildman–Crippen LogP) is 2.60. The number of carbonyl (C=O) groups excluding carboxylic acids is 1. The summed E-state index contributed by atoms with van der Waals surface area (Å²) in [6, 6.07) is 5.45. The van der Waals surface area contributed by atoms with E-state index in [4.69, 9.17) is 23.2 Å². The molecule has 0 aliphatic carbocycles. The van der Waals surface area contributed by atoms with Crippen LogP contribution in [0, 0.1) is 0 Å². The zero-order chi connectivity index (χ0) is 13.5. The van der Waals surface area contributed by atoms with Crippen LogP contribution >= 0.6 is 23.2 Å². The van der Waals surface area contributed by atoms with Crippen LogP contribution in [0.2, 0.25) is 10.0 Å². The molecule has 0 fully saturated rings. The van der Waals surface area contributed by atoms with Crippen LogP contribution in [0.4, 0.5) is 0 Å². The van der Waals surface area contributed by atoms with Gasteiger partial charge < -0.3 is 10.2 Å². The molecule has 0 aliphatic rings. The van der Waals surface area contributed by atoms with Gasteiger partial charge in [-0.25, -0.2) is 0 Å². The molecule has 0 atom stereocenters. The van der Waals surface area contributed by atoms with E-state index < -0.39 is 0 Å². The molecule has 0 aromatic heterocycles. The second kappa shape index (κ2) is 7.62. The van der Waals surface area contributed by atoms with E-state index in [0.717, 1.165) is 12.1 Å². The number of hydrogen-bond donors (Lipinski definition) is 1. The molecule has 0 radical (unpaired) electrons. The van der Waals surface area contributed by atoms with Crippen molar-refractivity contribution in [2.45, 2.75) is 12.8 Å². The zero-order valence-corrected chi connectivity index (χ0v) is 12.2. The van der Waals surface area contributed by atoms with Crippen molar-refractivity contribution in [3.63, 3.8) is 0 Å². The van der Waals surface area contributed by atoms with E-state index in [1.807, 2.05) is 25.1 Å². The van der Waals surface area contributed by atoms with Gasteiger partial charge in [0.05, 0.1) is 10.0 Å². The summed E-state index contributed by atoms with van der Waals surface area (Å²) >= 11 is 11.7. The van der Waals surface area contributed by atoms with Crippen LogP contribution in [0.3, 0.4) is 0 Å². The molecule has 0 aliphatic heterocycles. The van der Waals surface area contributed by atoms with Gasteiger partial charge in [0.1, 0.15) is 0 Å². The Labute approximate surface area is 118 Å². The summed E-state index contributed by atoms with van der Waals surface area (Å²) < 4.78 is 0. The van der Waals surface area contributed by atoms with Crippen molar-refractivity contribution in [1.29, 1.82) is 0 Å². The third kappa shape index (κ3) is 5.71. The van der Waals surface area contributed by atoms with E-state index >= 15 is 0 Å². The lowest BCUT2D eigenvalue weighted by Gasteiger charge is -2.10. The molecule has 0 saturated carbocycles. The summed E-state index contributed by atoms with van der Waals surface area (Å²) in [6.45, 7) is 1.52. The van der Waals surface area contributed by atoms with Crippen molar-refractivity contribution in [1.82, 2.24) is 10.2 Å². The maximum absolute atomic E-state index is 11.6. The number of nitrogens with one attached hydrogen (secondary N) is 1. The fourth-order valence-corrected chi connectivity index (χ4v) is 1.78. The van der Waals surface area contributed by atoms with Gasteiger partial charge in [0.25, 0.3) is 0 Å². The summed E-state index contributed by atoms with van der Waals surface area (Å²) in [6.07, 6.45) is 1.13. The Hall–Kier alpha value is -0.770. The Balaban J connectivity index is 2.31. The number of aryl methyl sites for hydroxylation is 1. The quantitative estimate of drug-likeness (QED) is 0.873. The first-order chi connectivity index (χ1) is 8.49. The summed E-state index contributed by atoms with van der Waals surface area (Å²) in [7, 11) is 3.95. The molecule has 0 bridgehead atoms. The second-order valence-electron chi connectivity index (χ2n) is 4.40. The SMILES string of the molecule is CN(C)CCNC(=O)CCc1ccc(Cl)c(Cl)c1. The lowest BCUT2D eigenvalue weighted by Crippen LogP contribution is -2.31. The number of likely N-dealkylation sites (N-methyl/N-ethyl adjacent to an activating group) is 1. The molecule has 1 amide bonds. The minimum Gasteiger partial charge on any atom is -0.355 e. The maximum atomic E-state index is 11.6.